The number of halogens is 2. The fourth-order valence-corrected chi connectivity index (χ4v) is 1.75. The molecular formula is C11H14BrClN2O. The van der Waals surface area contributed by atoms with Crippen LogP contribution in [0.5, 0.6) is 0 Å². The second kappa shape index (κ2) is 4.73. The summed E-state index contributed by atoms with van der Waals surface area (Å²) in [5, 5.41) is 3.33. The van der Waals surface area contributed by atoms with Gasteiger partial charge in [0.2, 0.25) is 5.91 Å². The second-order valence-corrected chi connectivity index (χ2v) is 5.52. The van der Waals surface area contributed by atoms with E-state index in [1.54, 1.807) is 19.9 Å². The third-order valence-electron chi connectivity index (χ3n) is 2.08. The maximum absolute atomic E-state index is 11.7. The lowest BCUT2D eigenvalue weighted by atomic mass is 10.1. The van der Waals surface area contributed by atoms with Crippen molar-refractivity contribution in [2.75, 3.05) is 5.32 Å². The zero-order valence-corrected chi connectivity index (χ0v) is 11.7. The van der Waals surface area contributed by atoms with Crippen molar-refractivity contribution in [3.63, 3.8) is 0 Å². The van der Waals surface area contributed by atoms with Gasteiger partial charge < -0.3 is 11.1 Å². The van der Waals surface area contributed by atoms with E-state index in [9.17, 15) is 4.79 Å². The Morgan fingerprint density at radius 2 is 2.06 bits per heavy atom. The van der Waals surface area contributed by atoms with E-state index >= 15 is 0 Å². The van der Waals surface area contributed by atoms with Gasteiger partial charge in [-0.05, 0) is 54.4 Å². The molecule has 1 aromatic rings. The molecule has 0 aliphatic heterocycles. The van der Waals surface area contributed by atoms with Crippen LogP contribution in [0.1, 0.15) is 19.4 Å². The van der Waals surface area contributed by atoms with Crippen molar-refractivity contribution in [3.05, 3.63) is 27.2 Å². The highest BCUT2D eigenvalue weighted by atomic mass is 79.9. The van der Waals surface area contributed by atoms with Crippen LogP contribution >= 0.6 is 27.5 Å². The summed E-state index contributed by atoms with van der Waals surface area (Å²) in [6.45, 7) is 5.18. The lowest BCUT2D eigenvalue weighted by Crippen LogP contribution is -2.45. The summed E-state index contributed by atoms with van der Waals surface area (Å²) < 4.78 is 0.784. The van der Waals surface area contributed by atoms with Crippen LogP contribution in [-0.4, -0.2) is 11.4 Å². The van der Waals surface area contributed by atoms with E-state index in [4.69, 9.17) is 17.3 Å². The Morgan fingerprint density at radius 3 is 2.56 bits per heavy atom. The first-order chi connectivity index (χ1) is 7.21. The van der Waals surface area contributed by atoms with Crippen LogP contribution in [0.15, 0.2) is 16.6 Å². The summed E-state index contributed by atoms with van der Waals surface area (Å²) in [6.07, 6.45) is 0. The van der Waals surface area contributed by atoms with Gasteiger partial charge in [-0.3, -0.25) is 4.79 Å². The molecule has 1 aromatic carbocycles. The van der Waals surface area contributed by atoms with Crippen molar-refractivity contribution < 1.29 is 4.79 Å². The van der Waals surface area contributed by atoms with E-state index in [2.05, 4.69) is 21.2 Å². The number of carbonyl (C=O) groups is 1. The Bertz CT molecular complexity index is 427. The normalized spacial score (nSPS) is 11.4. The summed E-state index contributed by atoms with van der Waals surface area (Å²) in [6, 6.07) is 3.55. The number of amides is 1. The number of anilines is 1. The smallest absolute Gasteiger partial charge is 0.243 e. The zero-order chi connectivity index (χ0) is 12.5. The molecule has 0 aromatic heterocycles. The topological polar surface area (TPSA) is 55.1 Å². The van der Waals surface area contributed by atoms with Gasteiger partial charge in [0.05, 0.1) is 11.2 Å². The SMILES string of the molecule is Cc1cc(Br)c(NC(=O)C(C)(C)N)cc1Cl. The minimum atomic E-state index is -0.920. The van der Waals surface area contributed by atoms with Crippen molar-refractivity contribution in [3.8, 4) is 0 Å². The summed E-state index contributed by atoms with van der Waals surface area (Å²) in [4.78, 5) is 11.7. The molecule has 0 radical (unpaired) electrons. The summed E-state index contributed by atoms with van der Waals surface area (Å²) in [5.74, 6) is -0.256. The van der Waals surface area contributed by atoms with Gasteiger partial charge in [-0.1, -0.05) is 11.6 Å². The van der Waals surface area contributed by atoms with Gasteiger partial charge in [-0.15, -0.1) is 0 Å². The van der Waals surface area contributed by atoms with E-state index in [0.717, 1.165) is 10.0 Å². The van der Waals surface area contributed by atoms with Gasteiger partial charge >= 0.3 is 0 Å². The fourth-order valence-electron chi connectivity index (χ4n) is 1.03. The van der Waals surface area contributed by atoms with Crippen molar-refractivity contribution in [1.29, 1.82) is 0 Å². The van der Waals surface area contributed by atoms with Gasteiger partial charge in [0.1, 0.15) is 0 Å². The first-order valence-corrected chi connectivity index (χ1v) is 5.95. The summed E-state index contributed by atoms with van der Waals surface area (Å²) in [5.41, 5.74) is 6.33. The van der Waals surface area contributed by atoms with Gasteiger partial charge in [0.25, 0.3) is 0 Å². The average molecular weight is 306 g/mol. The predicted molar refractivity (Wildman–Crippen MR) is 70.8 cm³/mol. The number of aryl methyl sites for hydroxylation is 1. The number of rotatable bonds is 2. The highest BCUT2D eigenvalue weighted by molar-refractivity contribution is 9.10. The van der Waals surface area contributed by atoms with E-state index in [0.29, 0.717) is 10.7 Å². The fraction of sp³-hybridized carbons (Fsp3) is 0.364. The van der Waals surface area contributed by atoms with Crippen molar-refractivity contribution in [2.24, 2.45) is 5.73 Å². The molecule has 0 aliphatic carbocycles. The maximum atomic E-state index is 11.7. The predicted octanol–water partition coefficient (Wildman–Crippen LogP) is 3.09. The summed E-state index contributed by atoms with van der Waals surface area (Å²) in [7, 11) is 0. The Kier molecular flexibility index (Phi) is 3.99. The lowest BCUT2D eigenvalue weighted by Gasteiger charge is -2.18. The molecule has 0 saturated heterocycles. The molecule has 0 unspecified atom stereocenters. The van der Waals surface area contributed by atoms with Gasteiger partial charge in [-0.2, -0.15) is 0 Å². The van der Waals surface area contributed by atoms with Gasteiger partial charge in [0.15, 0.2) is 0 Å². The largest absolute Gasteiger partial charge is 0.323 e. The molecule has 3 nitrogen and oxygen atoms in total. The number of hydrogen-bond donors (Lipinski definition) is 2. The number of hydrogen-bond acceptors (Lipinski definition) is 2. The third-order valence-corrected chi connectivity index (χ3v) is 3.15. The van der Waals surface area contributed by atoms with E-state index in [-0.39, 0.29) is 5.91 Å². The van der Waals surface area contributed by atoms with E-state index in [1.807, 2.05) is 13.0 Å². The number of benzene rings is 1. The molecule has 0 bridgehead atoms. The van der Waals surface area contributed by atoms with Crippen LogP contribution in [0.2, 0.25) is 5.02 Å². The molecule has 3 N–H and O–H groups in total. The number of carbonyl (C=O) groups excluding carboxylic acids is 1. The van der Waals surface area contributed by atoms with E-state index < -0.39 is 5.54 Å². The van der Waals surface area contributed by atoms with Gasteiger partial charge in [-0.25, -0.2) is 0 Å². The Balaban J connectivity index is 2.99. The number of nitrogens with one attached hydrogen (secondary N) is 1. The van der Waals surface area contributed by atoms with Crippen LogP contribution in [0.3, 0.4) is 0 Å². The molecule has 0 atom stereocenters. The van der Waals surface area contributed by atoms with Crippen LogP contribution in [0.25, 0.3) is 0 Å². The molecule has 5 heteroatoms. The monoisotopic (exact) mass is 304 g/mol. The van der Waals surface area contributed by atoms with Crippen LogP contribution in [0.4, 0.5) is 5.69 Å². The molecule has 88 valence electrons. The Labute approximate surface area is 108 Å². The van der Waals surface area contributed by atoms with Crippen LogP contribution in [-0.2, 0) is 4.79 Å². The first-order valence-electron chi connectivity index (χ1n) is 4.78. The molecular weight excluding hydrogens is 291 g/mol. The maximum Gasteiger partial charge on any atom is 0.243 e. The molecule has 0 heterocycles. The minimum Gasteiger partial charge on any atom is -0.323 e. The van der Waals surface area contributed by atoms with Crippen LogP contribution < -0.4 is 11.1 Å². The molecule has 16 heavy (non-hydrogen) atoms. The van der Waals surface area contributed by atoms with Gasteiger partial charge in [0, 0.05) is 9.50 Å². The second-order valence-electron chi connectivity index (χ2n) is 4.26. The summed E-state index contributed by atoms with van der Waals surface area (Å²) >= 11 is 9.34. The highest BCUT2D eigenvalue weighted by Crippen LogP contribution is 2.29. The van der Waals surface area contributed by atoms with E-state index in [1.165, 1.54) is 0 Å². The molecule has 0 aliphatic rings. The molecule has 1 rings (SSSR count). The third kappa shape index (κ3) is 3.20. The Morgan fingerprint density at radius 1 is 1.50 bits per heavy atom. The zero-order valence-electron chi connectivity index (χ0n) is 9.40. The molecule has 0 spiro atoms. The quantitative estimate of drug-likeness (QED) is 0.882. The highest BCUT2D eigenvalue weighted by Gasteiger charge is 2.22. The van der Waals surface area contributed by atoms with Crippen LogP contribution in [0, 0.1) is 6.92 Å². The minimum absolute atomic E-state index is 0.256. The Hall–Kier alpha value is -0.580. The van der Waals surface area contributed by atoms with Crippen molar-refractivity contribution in [2.45, 2.75) is 26.3 Å². The molecule has 0 saturated carbocycles. The molecule has 0 fully saturated rings. The average Bonchev–Trinajstić information content (AvgIpc) is 2.12. The lowest BCUT2D eigenvalue weighted by molar-refractivity contribution is -0.120. The van der Waals surface area contributed by atoms with Crippen molar-refractivity contribution >= 4 is 39.1 Å². The van der Waals surface area contributed by atoms with Crippen molar-refractivity contribution in [1.82, 2.24) is 0 Å². The standard InChI is InChI=1S/C11H14BrClN2O/c1-6-4-7(12)9(5-8(6)13)15-10(16)11(2,3)14/h4-5H,14H2,1-3H3,(H,15,16). The number of nitrogens with two attached hydrogens (primary N) is 1. The molecule has 1 amide bonds. The first kappa shape index (κ1) is 13.5.